The highest BCUT2D eigenvalue weighted by atomic mass is 35.5. The van der Waals surface area contributed by atoms with Crippen LogP contribution in [0.15, 0.2) is 18.2 Å². The van der Waals surface area contributed by atoms with E-state index in [1.165, 1.54) is 0 Å². The van der Waals surface area contributed by atoms with Crippen molar-refractivity contribution in [1.29, 1.82) is 0 Å². The number of halogens is 2. The van der Waals surface area contributed by atoms with Gasteiger partial charge in [0.2, 0.25) is 5.91 Å². The zero-order chi connectivity index (χ0) is 17.1. The van der Waals surface area contributed by atoms with Crippen LogP contribution in [0.1, 0.15) is 31.2 Å². The molecule has 132 valence electrons. The normalized spacial score (nSPS) is 25.7. The molecule has 1 aromatic rings. The van der Waals surface area contributed by atoms with Gasteiger partial charge in [0.05, 0.1) is 22.6 Å². The summed E-state index contributed by atoms with van der Waals surface area (Å²) < 4.78 is 5.89. The largest absolute Gasteiger partial charge is 0.378 e. The molecule has 2 saturated heterocycles. The van der Waals surface area contributed by atoms with Crippen LogP contribution in [0.3, 0.4) is 0 Å². The van der Waals surface area contributed by atoms with E-state index in [9.17, 15) is 4.79 Å². The molecule has 1 aromatic carbocycles. The first-order valence-corrected chi connectivity index (χ1v) is 9.38. The second kappa shape index (κ2) is 8.05. The molecular weight excluding hydrogens is 347 g/mol. The van der Waals surface area contributed by atoms with Crippen LogP contribution in [0.4, 0.5) is 0 Å². The summed E-state index contributed by atoms with van der Waals surface area (Å²) in [4.78, 5) is 14.5. The van der Waals surface area contributed by atoms with Gasteiger partial charge in [0.15, 0.2) is 0 Å². The Morgan fingerprint density at radius 1 is 1.25 bits per heavy atom. The lowest BCUT2D eigenvalue weighted by molar-refractivity contribution is -0.133. The lowest BCUT2D eigenvalue weighted by Crippen LogP contribution is -2.45. The minimum Gasteiger partial charge on any atom is -0.378 e. The fourth-order valence-electron chi connectivity index (χ4n) is 3.66. The van der Waals surface area contributed by atoms with Gasteiger partial charge in [-0.25, -0.2) is 0 Å². The summed E-state index contributed by atoms with van der Waals surface area (Å²) in [6.45, 7) is 2.31. The monoisotopic (exact) mass is 370 g/mol. The van der Waals surface area contributed by atoms with Crippen LogP contribution in [-0.4, -0.2) is 42.6 Å². The molecule has 0 aromatic heterocycles. The number of carbonyl (C=O) groups excluding carboxylic acids is 1. The quantitative estimate of drug-likeness (QED) is 0.887. The molecule has 0 radical (unpaired) electrons. The maximum Gasteiger partial charge on any atom is 0.227 e. The summed E-state index contributed by atoms with van der Waals surface area (Å²) in [5.74, 6) is 0.619. The summed E-state index contributed by atoms with van der Waals surface area (Å²) in [6.07, 6.45) is 4.41. The van der Waals surface area contributed by atoms with E-state index in [0.29, 0.717) is 22.4 Å². The maximum absolute atomic E-state index is 12.5. The Morgan fingerprint density at radius 2 is 2.00 bits per heavy atom. The van der Waals surface area contributed by atoms with Gasteiger partial charge in [0, 0.05) is 25.7 Å². The summed E-state index contributed by atoms with van der Waals surface area (Å²) >= 11 is 12.2. The predicted molar refractivity (Wildman–Crippen MR) is 96.4 cm³/mol. The highest BCUT2D eigenvalue weighted by molar-refractivity contribution is 6.42. The third kappa shape index (κ3) is 4.23. The summed E-state index contributed by atoms with van der Waals surface area (Å²) in [5, 5.41) is 0.971. The number of piperidine rings is 1. The van der Waals surface area contributed by atoms with E-state index in [4.69, 9.17) is 33.7 Å². The zero-order valence-corrected chi connectivity index (χ0v) is 15.2. The van der Waals surface area contributed by atoms with E-state index in [2.05, 4.69) is 0 Å². The van der Waals surface area contributed by atoms with E-state index in [0.717, 1.165) is 50.9 Å². The highest BCUT2D eigenvalue weighted by Crippen LogP contribution is 2.29. The van der Waals surface area contributed by atoms with Gasteiger partial charge in [-0.15, -0.1) is 0 Å². The Hall–Kier alpha value is -0.810. The average molecular weight is 371 g/mol. The second-order valence-electron chi connectivity index (χ2n) is 6.80. The number of hydrogen-bond donors (Lipinski definition) is 1. The molecule has 4 nitrogen and oxygen atoms in total. The van der Waals surface area contributed by atoms with Gasteiger partial charge in [-0.05, 0) is 43.2 Å². The van der Waals surface area contributed by atoms with Crippen molar-refractivity contribution in [2.24, 2.45) is 11.7 Å². The fraction of sp³-hybridized carbons (Fsp3) is 0.611. The van der Waals surface area contributed by atoms with Crippen molar-refractivity contribution in [3.05, 3.63) is 33.8 Å². The van der Waals surface area contributed by atoms with Crippen molar-refractivity contribution in [3.8, 4) is 0 Å². The number of carbonyl (C=O) groups is 1. The molecule has 3 rings (SSSR count). The van der Waals surface area contributed by atoms with E-state index < -0.39 is 0 Å². The Bertz CT molecular complexity index is 588. The number of likely N-dealkylation sites (tertiary alicyclic amines) is 1. The van der Waals surface area contributed by atoms with Crippen molar-refractivity contribution in [3.63, 3.8) is 0 Å². The maximum atomic E-state index is 12.5. The zero-order valence-electron chi connectivity index (χ0n) is 13.7. The number of amides is 1. The number of rotatable bonds is 3. The number of hydrogen-bond acceptors (Lipinski definition) is 3. The Kier molecular flexibility index (Phi) is 6.03. The van der Waals surface area contributed by atoms with Gasteiger partial charge in [0.1, 0.15) is 0 Å². The van der Waals surface area contributed by atoms with Gasteiger partial charge in [-0.3, -0.25) is 4.79 Å². The average Bonchev–Trinajstić information content (AvgIpc) is 2.59. The smallest absolute Gasteiger partial charge is 0.227 e. The van der Waals surface area contributed by atoms with Crippen LogP contribution < -0.4 is 5.73 Å². The topological polar surface area (TPSA) is 55.6 Å². The molecule has 2 aliphatic heterocycles. The van der Waals surface area contributed by atoms with E-state index in [1.54, 1.807) is 6.07 Å². The Balaban J connectivity index is 1.52. The first-order valence-electron chi connectivity index (χ1n) is 8.62. The van der Waals surface area contributed by atoms with E-state index >= 15 is 0 Å². The minimum absolute atomic E-state index is 0.110. The lowest BCUT2D eigenvalue weighted by atomic mass is 9.86. The first kappa shape index (κ1) is 18.0. The molecule has 0 saturated carbocycles. The number of benzene rings is 1. The number of nitrogens with two attached hydrogens (primary N) is 1. The van der Waals surface area contributed by atoms with E-state index in [1.807, 2.05) is 17.0 Å². The van der Waals surface area contributed by atoms with Gasteiger partial charge >= 0.3 is 0 Å². The highest BCUT2D eigenvalue weighted by Gasteiger charge is 2.32. The number of nitrogens with zero attached hydrogens (tertiary/aromatic N) is 1. The van der Waals surface area contributed by atoms with Crippen LogP contribution in [0.25, 0.3) is 0 Å². The second-order valence-corrected chi connectivity index (χ2v) is 7.59. The first-order chi connectivity index (χ1) is 11.5. The Labute approximate surface area is 153 Å². The standard InChI is InChI=1S/C18H24Cl2N2O2/c19-15-3-1-2-13(18(15)20)10-17(23)22-7-4-12(5-8-22)16-11-14(21)6-9-24-16/h1-3,12,14,16H,4-11,21H2. The molecule has 2 aliphatic rings. The van der Waals surface area contributed by atoms with Crippen LogP contribution in [0.2, 0.25) is 10.0 Å². The molecule has 2 fully saturated rings. The molecule has 2 unspecified atom stereocenters. The summed E-state index contributed by atoms with van der Waals surface area (Å²) in [5.41, 5.74) is 6.84. The molecule has 1 amide bonds. The minimum atomic E-state index is 0.110. The summed E-state index contributed by atoms with van der Waals surface area (Å²) in [6, 6.07) is 5.68. The van der Waals surface area contributed by atoms with Gasteiger partial charge < -0.3 is 15.4 Å². The molecule has 2 N–H and O–H groups in total. The molecule has 6 heteroatoms. The lowest BCUT2D eigenvalue weighted by Gasteiger charge is -2.38. The van der Waals surface area contributed by atoms with E-state index in [-0.39, 0.29) is 18.1 Å². The van der Waals surface area contributed by atoms with Gasteiger partial charge in [-0.2, -0.15) is 0 Å². The molecule has 2 heterocycles. The van der Waals surface area contributed by atoms with Crippen molar-refractivity contribution < 1.29 is 9.53 Å². The fourth-order valence-corrected chi connectivity index (χ4v) is 4.05. The van der Waals surface area contributed by atoms with Crippen LogP contribution in [-0.2, 0) is 16.0 Å². The molecule has 2 atom stereocenters. The SMILES string of the molecule is NC1CCOC(C2CCN(C(=O)Cc3cccc(Cl)c3Cl)CC2)C1. The van der Waals surface area contributed by atoms with Gasteiger partial charge in [-0.1, -0.05) is 35.3 Å². The van der Waals surface area contributed by atoms with Crippen molar-refractivity contribution >= 4 is 29.1 Å². The van der Waals surface area contributed by atoms with Crippen molar-refractivity contribution in [1.82, 2.24) is 4.90 Å². The number of ether oxygens (including phenoxy) is 1. The molecule has 0 spiro atoms. The summed E-state index contributed by atoms with van der Waals surface area (Å²) in [7, 11) is 0. The van der Waals surface area contributed by atoms with Crippen LogP contribution in [0.5, 0.6) is 0 Å². The molecule has 0 bridgehead atoms. The van der Waals surface area contributed by atoms with Crippen LogP contribution >= 0.6 is 23.2 Å². The molecule has 0 aliphatic carbocycles. The molecular formula is C18H24Cl2N2O2. The predicted octanol–water partition coefficient (Wildman–Crippen LogP) is 3.28. The third-order valence-corrected chi connectivity index (χ3v) is 6.01. The molecule has 24 heavy (non-hydrogen) atoms. The third-order valence-electron chi connectivity index (χ3n) is 5.15. The van der Waals surface area contributed by atoms with Crippen LogP contribution in [0, 0.1) is 5.92 Å². The van der Waals surface area contributed by atoms with Crippen molar-refractivity contribution in [2.45, 2.75) is 44.2 Å². The Morgan fingerprint density at radius 3 is 2.71 bits per heavy atom. The van der Waals surface area contributed by atoms with Crippen molar-refractivity contribution in [2.75, 3.05) is 19.7 Å². The van der Waals surface area contributed by atoms with Gasteiger partial charge in [0.25, 0.3) is 0 Å².